The van der Waals surface area contributed by atoms with Crippen LogP contribution in [0, 0.1) is 6.92 Å². The second-order valence-electron chi connectivity index (χ2n) is 8.80. The molecule has 5 rings (SSSR count). The van der Waals surface area contributed by atoms with Gasteiger partial charge in [0.25, 0.3) is 0 Å². The molecule has 1 fully saturated rings. The van der Waals surface area contributed by atoms with Crippen molar-refractivity contribution in [3.8, 4) is 5.69 Å². The highest BCUT2D eigenvalue weighted by atomic mass is 35.5. The van der Waals surface area contributed by atoms with Crippen LogP contribution in [-0.4, -0.2) is 57.9 Å². The standard InChI is InChI=1S/C26H27Cl2N7/c1-18-15-26(35(32-18)21-6-4-20(27)5-7-21)31-24-9-10-29-25(30-24)17-19-3-8-23(22(28)16-19)34-13-11-33(2)12-14-34/h3-10,15-16H,11-14,17H2,1-2H3,(H,29,30,31). The molecule has 4 aromatic rings. The Morgan fingerprint density at radius 1 is 0.943 bits per heavy atom. The molecule has 1 aliphatic rings. The highest BCUT2D eigenvalue weighted by Crippen LogP contribution is 2.29. The van der Waals surface area contributed by atoms with Gasteiger partial charge >= 0.3 is 0 Å². The lowest BCUT2D eigenvalue weighted by Crippen LogP contribution is -2.44. The van der Waals surface area contributed by atoms with Gasteiger partial charge in [-0.05, 0) is 62.0 Å². The van der Waals surface area contributed by atoms with Crippen LogP contribution in [0.5, 0.6) is 0 Å². The molecule has 0 aliphatic carbocycles. The Bertz CT molecular complexity index is 1310. The lowest BCUT2D eigenvalue weighted by Gasteiger charge is -2.34. The van der Waals surface area contributed by atoms with E-state index in [1.54, 1.807) is 6.20 Å². The van der Waals surface area contributed by atoms with Crippen LogP contribution in [0.1, 0.15) is 17.1 Å². The van der Waals surface area contributed by atoms with Crippen LogP contribution in [0.2, 0.25) is 10.0 Å². The van der Waals surface area contributed by atoms with Crippen LogP contribution < -0.4 is 10.2 Å². The molecule has 2 aromatic heterocycles. The van der Waals surface area contributed by atoms with Crippen LogP contribution in [0.25, 0.3) is 5.69 Å². The Labute approximate surface area is 215 Å². The van der Waals surface area contributed by atoms with Gasteiger partial charge in [-0.15, -0.1) is 0 Å². The average molecular weight is 508 g/mol. The number of piperazine rings is 1. The summed E-state index contributed by atoms with van der Waals surface area (Å²) in [6.07, 6.45) is 2.36. The van der Waals surface area contributed by atoms with Gasteiger partial charge in [-0.1, -0.05) is 29.3 Å². The van der Waals surface area contributed by atoms with Crippen molar-refractivity contribution in [3.05, 3.63) is 87.9 Å². The van der Waals surface area contributed by atoms with Gasteiger partial charge in [-0.25, -0.2) is 14.6 Å². The second-order valence-corrected chi connectivity index (χ2v) is 9.64. The molecule has 0 unspecified atom stereocenters. The zero-order valence-corrected chi connectivity index (χ0v) is 21.3. The first-order valence-electron chi connectivity index (χ1n) is 11.6. The van der Waals surface area contributed by atoms with E-state index >= 15 is 0 Å². The van der Waals surface area contributed by atoms with Gasteiger partial charge in [0.05, 0.1) is 22.1 Å². The van der Waals surface area contributed by atoms with Gasteiger partial charge in [0.15, 0.2) is 0 Å². The fourth-order valence-electron chi connectivity index (χ4n) is 4.20. The number of aromatic nitrogens is 4. The average Bonchev–Trinajstić information content (AvgIpc) is 3.20. The first-order valence-corrected chi connectivity index (χ1v) is 12.3. The van der Waals surface area contributed by atoms with Crippen LogP contribution in [0.15, 0.2) is 60.8 Å². The number of rotatable bonds is 6. The van der Waals surface area contributed by atoms with E-state index in [9.17, 15) is 0 Å². The predicted molar refractivity (Wildman–Crippen MR) is 143 cm³/mol. The lowest BCUT2D eigenvalue weighted by molar-refractivity contribution is 0.313. The van der Waals surface area contributed by atoms with Crippen molar-refractivity contribution in [2.75, 3.05) is 43.4 Å². The third kappa shape index (κ3) is 5.59. The van der Waals surface area contributed by atoms with E-state index in [4.69, 9.17) is 28.2 Å². The highest BCUT2D eigenvalue weighted by molar-refractivity contribution is 6.33. The van der Waals surface area contributed by atoms with E-state index < -0.39 is 0 Å². The van der Waals surface area contributed by atoms with E-state index in [-0.39, 0.29) is 0 Å². The Morgan fingerprint density at radius 3 is 2.46 bits per heavy atom. The topological polar surface area (TPSA) is 62.1 Å². The Balaban J connectivity index is 1.31. The number of halogens is 2. The van der Waals surface area contributed by atoms with E-state index in [2.05, 4.69) is 44.4 Å². The van der Waals surface area contributed by atoms with Gasteiger partial charge in [0.2, 0.25) is 0 Å². The summed E-state index contributed by atoms with van der Waals surface area (Å²) in [5.41, 5.74) is 3.97. The van der Waals surface area contributed by atoms with Gasteiger partial charge in [-0.3, -0.25) is 0 Å². The molecule has 1 saturated heterocycles. The SMILES string of the molecule is Cc1cc(Nc2ccnc(Cc3ccc(N4CCN(C)CC4)c(Cl)c3)n2)n(-c2ccc(Cl)cc2)n1. The molecule has 7 nitrogen and oxygen atoms in total. The smallest absolute Gasteiger partial charge is 0.135 e. The fraction of sp³-hybridized carbons (Fsp3) is 0.269. The molecule has 35 heavy (non-hydrogen) atoms. The number of benzene rings is 2. The quantitative estimate of drug-likeness (QED) is 0.378. The van der Waals surface area contributed by atoms with Crippen LogP contribution in [0.4, 0.5) is 17.3 Å². The molecule has 0 atom stereocenters. The maximum absolute atomic E-state index is 6.67. The molecule has 2 aromatic carbocycles. The lowest BCUT2D eigenvalue weighted by atomic mass is 10.1. The first-order chi connectivity index (χ1) is 16.9. The number of anilines is 3. The largest absolute Gasteiger partial charge is 0.368 e. The minimum atomic E-state index is 0.591. The summed E-state index contributed by atoms with van der Waals surface area (Å²) in [4.78, 5) is 13.9. The maximum Gasteiger partial charge on any atom is 0.135 e. The maximum atomic E-state index is 6.67. The molecule has 3 heterocycles. The predicted octanol–water partition coefficient (Wildman–Crippen LogP) is 5.36. The summed E-state index contributed by atoms with van der Waals surface area (Å²) in [5, 5.41) is 9.43. The van der Waals surface area contributed by atoms with Gasteiger partial charge in [0.1, 0.15) is 17.5 Å². The molecule has 1 N–H and O–H groups in total. The van der Waals surface area contributed by atoms with Crippen molar-refractivity contribution in [1.29, 1.82) is 0 Å². The zero-order chi connectivity index (χ0) is 24.4. The summed E-state index contributed by atoms with van der Waals surface area (Å²) in [7, 11) is 2.15. The van der Waals surface area contributed by atoms with Crippen molar-refractivity contribution in [2.24, 2.45) is 0 Å². The van der Waals surface area contributed by atoms with Crippen molar-refractivity contribution >= 4 is 40.5 Å². The van der Waals surface area contributed by atoms with Crippen molar-refractivity contribution < 1.29 is 0 Å². The molecule has 180 valence electrons. The minimum absolute atomic E-state index is 0.591. The van der Waals surface area contributed by atoms with Crippen LogP contribution >= 0.6 is 23.2 Å². The normalized spacial score (nSPS) is 14.3. The van der Waals surface area contributed by atoms with Crippen LogP contribution in [-0.2, 0) is 6.42 Å². The second kappa shape index (κ2) is 10.2. The molecule has 0 saturated carbocycles. The van der Waals surface area contributed by atoms with E-state index in [1.165, 1.54) is 0 Å². The number of nitrogens with one attached hydrogen (secondary N) is 1. The molecule has 1 aliphatic heterocycles. The Morgan fingerprint density at radius 2 is 1.71 bits per heavy atom. The first kappa shape index (κ1) is 23.6. The van der Waals surface area contributed by atoms with Gasteiger partial charge in [0, 0.05) is 49.9 Å². The Hall–Kier alpha value is -3.13. The fourth-order valence-corrected chi connectivity index (χ4v) is 4.65. The third-order valence-electron chi connectivity index (χ3n) is 6.08. The van der Waals surface area contributed by atoms with E-state index in [0.717, 1.165) is 59.7 Å². The number of likely N-dealkylation sites (N-methyl/N-ethyl adjacent to an activating group) is 1. The Kier molecular flexibility index (Phi) is 6.90. The van der Waals surface area contributed by atoms with Crippen molar-refractivity contribution in [1.82, 2.24) is 24.6 Å². The van der Waals surface area contributed by atoms with E-state index in [0.29, 0.717) is 23.1 Å². The van der Waals surface area contributed by atoms with Crippen molar-refractivity contribution in [2.45, 2.75) is 13.3 Å². The van der Waals surface area contributed by atoms with Gasteiger partial charge in [-0.2, -0.15) is 5.10 Å². The number of nitrogens with zero attached hydrogens (tertiary/aromatic N) is 6. The summed E-state index contributed by atoms with van der Waals surface area (Å²) in [6.45, 7) is 6.01. The summed E-state index contributed by atoms with van der Waals surface area (Å²) in [6, 6.07) is 17.6. The molecule has 0 radical (unpaired) electrons. The number of hydrogen-bond donors (Lipinski definition) is 1. The monoisotopic (exact) mass is 507 g/mol. The number of hydrogen-bond acceptors (Lipinski definition) is 6. The molecule has 0 spiro atoms. The third-order valence-corrected chi connectivity index (χ3v) is 6.64. The summed E-state index contributed by atoms with van der Waals surface area (Å²) >= 11 is 12.7. The minimum Gasteiger partial charge on any atom is -0.368 e. The van der Waals surface area contributed by atoms with Crippen molar-refractivity contribution in [3.63, 3.8) is 0 Å². The van der Waals surface area contributed by atoms with Crippen LogP contribution in [0.3, 0.4) is 0 Å². The van der Waals surface area contributed by atoms with Gasteiger partial charge < -0.3 is 15.1 Å². The molecule has 9 heteroatoms. The molecule has 0 bridgehead atoms. The molecular weight excluding hydrogens is 481 g/mol. The molecular formula is C26H27Cl2N7. The summed E-state index contributed by atoms with van der Waals surface area (Å²) < 4.78 is 1.84. The number of aryl methyl sites for hydroxylation is 1. The summed E-state index contributed by atoms with van der Waals surface area (Å²) in [5.74, 6) is 2.23. The van der Waals surface area contributed by atoms with E-state index in [1.807, 2.05) is 54.1 Å². The molecule has 0 amide bonds. The highest BCUT2D eigenvalue weighted by Gasteiger charge is 2.17. The zero-order valence-electron chi connectivity index (χ0n) is 19.7.